The van der Waals surface area contributed by atoms with Gasteiger partial charge in [-0.2, -0.15) is 0 Å². The summed E-state index contributed by atoms with van der Waals surface area (Å²) in [6.07, 6.45) is 4.50. The number of nitrogens with one attached hydrogen (secondary N) is 1. The summed E-state index contributed by atoms with van der Waals surface area (Å²) in [4.78, 5) is 0. The Balaban J connectivity index is 4.34. The van der Waals surface area contributed by atoms with Crippen molar-refractivity contribution >= 4 is 0 Å². The van der Waals surface area contributed by atoms with Crippen LogP contribution in [0.5, 0.6) is 0 Å². The Hall–Kier alpha value is -0.0800. The SMILES string of the molecule is CCC(N)CC(C)(C)NC(CC)CC(C)(C)C. The first-order chi connectivity index (χ1) is 7.59. The zero-order valence-corrected chi connectivity index (χ0v) is 13.1. The Bertz CT molecular complexity index is 203. The van der Waals surface area contributed by atoms with Gasteiger partial charge < -0.3 is 11.1 Å². The van der Waals surface area contributed by atoms with Crippen LogP contribution in [0.1, 0.15) is 74.1 Å². The van der Waals surface area contributed by atoms with Crippen LogP contribution in [0.25, 0.3) is 0 Å². The summed E-state index contributed by atoms with van der Waals surface area (Å²) in [6, 6.07) is 0.902. The minimum atomic E-state index is 0.140. The average Bonchev–Trinajstić information content (AvgIpc) is 2.13. The third-order valence-corrected chi connectivity index (χ3v) is 3.24. The fourth-order valence-electron chi connectivity index (χ4n) is 2.45. The van der Waals surface area contributed by atoms with Crippen molar-refractivity contribution in [1.29, 1.82) is 0 Å². The van der Waals surface area contributed by atoms with Crippen LogP contribution in [0.3, 0.4) is 0 Å². The van der Waals surface area contributed by atoms with Crippen LogP contribution in [0, 0.1) is 5.41 Å². The van der Waals surface area contributed by atoms with Gasteiger partial charge in [-0.1, -0.05) is 34.6 Å². The highest BCUT2D eigenvalue weighted by Gasteiger charge is 2.25. The summed E-state index contributed by atoms with van der Waals surface area (Å²) in [5, 5.41) is 3.78. The smallest absolute Gasteiger partial charge is 0.0142 e. The largest absolute Gasteiger partial charge is 0.328 e. The normalized spacial score (nSPS) is 16.9. The topological polar surface area (TPSA) is 38.0 Å². The first-order valence-electron chi connectivity index (χ1n) is 7.13. The molecule has 0 rings (SSSR count). The van der Waals surface area contributed by atoms with Gasteiger partial charge in [0.05, 0.1) is 0 Å². The summed E-state index contributed by atoms with van der Waals surface area (Å²) < 4.78 is 0. The molecule has 2 nitrogen and oxygen atoms in total. The van der Waals surface area contributed by atoms with Gasteiger partial charge in [0.1, 0.15) is 0 Å². The van der Waals surface area contributed by atoms with Crippen molar-refractivity contribution in [2.24, 2.45) is 11.1 Å². The molecular formula is C15H34N2. The molecule has 0 heterocycles. The third-order valence-electron chi connectivity index (χ3n) is 3.24. The van der Waals surface area contributed by atoms with E-state index in [4.69, 9.17) is 5.73 Å². The first kappa shape index (κ1) is 16.9. The Morgan fingerprint density at radius 2 is 1.47 bits per heavy atom. The molecule has 0 aliphatic heterocycles. The van der Waals surface area contributed by atoms with Crippen LogP contribution in [-0.4, -0.2) is 17.6 Å². The second-order valence-electron chi connectivity index (χ2n) is 7.27. The molecule has 0 aromatic carbocycles. The molecule has 104 valence electrons. The molecule has 0 spiro atoms. The molecule has 0 aliphatic carbocycles. The van der Waals surface area contributed by atoms with Gasteiger partial charge in [0, 0.05) is 17.6 Å². The molecule has 2 heteroatoms. The molecular weight excluding hydrogens is 208 g/mol. The predicted molar refractivity (Wildman–Crippen MR) is 78.2 cm³/mol. The maximum absolute atomic E-state index is 6.06. The van der Waals surface area contributed by atoms with Gasteiger partial charge >= 0.3 is 0 Å². The predicted octanol–water partition coefficient (Wildman–Crippen LogP) is 3.70. The monoisotopic (exact) mass is 242 g/mol. The molecule has 2 unspecified atom stereocenters. The van der Waals surface area contributed by atoms with Crippen LogP contribution in [0.2, 0.25) is 0 Å². The van der Waals surface area contributed by atoms with E-state index in [-0.39, 0.29) is 5.54 Å². The minimum absolute atomic E-state index is 0.140. The highest BCUT2D eigenvalue weighted by atomic mass is 15.0. The van der Waals surface area contributed by atoms with Crippen LogP contribution in [0.4, 0.5) is 0 Å². The Morgan fingerprint density at radius 3 is 1.82 bits per heavy atom. The molecule has 0 bridgehead atoms. The molecule has 0 saturated carbocycles. The van der Waals surface area contributed by atoms with E-state index in [0.717, 1.165) is 12.8 Å². The molecule has 0 fully saturated rings. The number of hydrogen-bond acceptors (Lipinski definition) is 2. The zero-order valence-electron chi connectivity index (χ0n) is 13.1. The molecule has 17 heavy (non-hydrogen) atoms. The standard InChI is InChI=1S/C15H34N2/c1-8-12(16)10-15(6,7)17-13(9-2)11-14(3,4)5/h12-13,17H,8-11,16H2,1-7H3. The van der Waals surface area contributed by atoms with Gasteiger partial charge in [-0.25, -0.2) is 0 Å². The van der Waals surface area contributed by atoms with Gasteiger partial charge in [0.25, 0.3) is 0 Å². The average molecular weight is 242 g/mol. The first-order valence-corrected chi connectivity index (χ1v) is 7.13. The lowest BCUT2D eigenvalue weighted by atomic mass is 9.85. The highest BCUT2D eigenvalue weighted by Crippen LogP contribution is 2.24. The lowest BCUT2D eigenvalue weighted by Crippen LogP contribution is -2.49. The third kappa shape index (κ3) is 8.62. The van der Waals surface area contributed by atoms with Crippen LogP contribution < -0.4 is 11.1 Å². The van der Waals surface area contributed by atoms with Crippen LogP contribution in [-0.2, 0) is 0 Å². The second-order valence-corrected chi connectivity index (χ2v) is 7.27. The Morgan fingerprint density at radius 1 is 0.941 bits per heavy atom. The van der Waals surface area contributed by atoms with E-state index in [1.54, 1.807) is 0 Å². The zero-order chi connectivity index (χ0) is 13.7. The fraction of sp³-hybridized carbons (Fsp3) is 1.00. The van der Waals surface area contributed by atoms with E-state index in [1.165, 1.54) is 12.8 Å². The molecule has 0 amide bonds. The Labute approximate surface area is 109 Å². The van der Waals surface area contributed by atoms with E-state index in [9.17, 15) is 0 Å². The fourth-order valence-corrected chi connectivity index (χ4v) is 2.45. The van der Waals surface area contributed by atoms with Gasteiger partial charge in [0.2, 0.25) is 0 Å². The lowest BCUT2D eigenvalue weighted by molar-refractivity contribution is 0.233. The van der Waals surface area contributed by atoms with Crippen molar-refractivity contribution in [2.75, 3.05) is 0 Å². The summed E-state index contributed by atoms with van der Waals surface area (Å²) in [5.41, 5.74) is 6.59. The van der Waals surface area contributed by atoms with E-state index < -0.39 is 0 Å². The van der Waals surface area contributed by atoms with E-state index in [0.29, 0.717) is 17.5 Å². The van der Waals surface area contributed by atoms with Crippen molar-refractivity contribution in [2.45, 2.75) is 91.8 Å². The van der Waals surface area contributed by atoms with Crippen molar-refractivity contribution in [3.8, 4) is 0 Å². The van der Waals surface area contributed by atoms with Gasteiger partial charge in [0.15, 0.2) is 0 Å². The summed E-state index contributed by atoms with van der Waals surface area (Å²) in [5.74, 6) is 0. The maximum Gasteiger partial charge on any atom is 0.0142 e. The Kier molecular flexibility index (Phi) is 6.71. The van der Waals surface area contributed by atoms with Crippen LogP contribution in [0.15, 0.2) is 0 Å². The van der Waals surface area contributed by atoms with Crippen molar-refractivity contribution in [1.82, 2.24) is 5.32 Å². The summed E-state index contributed by atoms with van der Waals surface area (Å²) >= 11 is 0. The molecule has 0 radical (unpaired) electrons. The molecule has 0 aromatic rings. The minimum Gasteiger partial charge on any atom is -0.328 e. The van der Waals surface area contributed by atoms with Crippen molar-refractivity contribution < 1.29 is 0 Å². The number of hydrogen-bond donors (Lipinski definition) is 2. The van der Waals surface area contributed by atoms with E-state index >= 15 is 0 Å². The number of nitrogens with two attached hydrogens (primary N) is 1. The molecule has 3 N–H and O–H groups in total. The van der Waals surface area contributed by atoms with Gasteiger partial charge in [-0.05, 0) is 44.9 Å². The quantitative estimate of drug-likeness (QED) is 0.714. The highest BCUT2D eigenvalue weighted by molar-refractivity contribution is 4.86. The molecule has 0 saturated heterocycles. The van der Waals surface area contributed by atoms with Crippen molar-refractivity contribution in [3.05, 3.63) is 0 Å². The lowest BCUT2D eigenvalue weighted by Gasteiger charge is -2.36. The number of rotatable bonds is 7. The van der Waals surface area contributed by atoms with Gasteiger partial charge in [-0.15, -0.1) is 0 Å². The maximum atomic E-state index is 6.06. The molecule has 2 atom stereocenters. The van der Waals surface area contributed by atoms with Crippen molar-refractivity contribution in [3.63, 3.8) is 0 Å². The summed E-state index contributed by atoms with van der Waals surface area (Å²) in [6.45, 7) is 15.9. The van der Waals surface area contributed by atoms with E-state index in [2.05, 4.69) is 53.8 Å². The molecule has 0 aliphatic rings. The molecule has 0 aromatic heterocycles. The van der Waals surface area contributed by atoms with Crippen LogP contribution >= 0.6 is 0 Å². The van der Waals surface area contributed by atoms with E-state index in [1.807, 2.05) is 0 Å². The second kappa shape index (κ2) is 6.75. The van der Waals surface area contributed by atoms with Gasteiger partial charge in [-0.3, -0.25) is 0 Å². The summed E-state index contributed by atoms with van der Waals surface area (Å²) in [7, 11) is 0.